The van der Waals surface area contributed by atoms with E-state index in [1.165, 1.54) is 4.90 Å². The average molecular weight is 393 g/mol. The van der Waals surface area contributed by atoms with Crippen LogP contribution in [0.2, 0.25) is 0 Å². The monoisotopic (exact) mass is 393 g/mol. The van der Waals surface area contributed by atoms with Crippen LogP contribution in [0.4, 0.5) is 5.69 Å². The van der Waals surface area contributed by atoms with Gasteiger partial charge in [-0.15, -0.1) is 0 Å². The van der Waals surface area contributed by atoms with Crippen molar-refractivity contribution >= 4 is 28.5 Å². The predicted octanol–water partition coefficient (Wildman–Crippen LogP) is 2.51. The summed E-state index contributed by atoms with van der Waals surface area (Å²) < 4.78 is 7.68. The third-order valence-corrected chi connectivity index (χ3v) is 4.90. The molecule has 0 spiro atoms. The van der Waals surface area contributed by atoms with E-state index in [1.54, 1.807) is 43.5 Å². The molecule has 2 aromatic heterocycles. The number of benzene rings is 1. The van der Waals surface area contributed by atoms with Crippen molar-refractivity contribution in [2.24, 2.45) is 0 Å². The topological polar surface area (TPSA) is 80.6 Å². The molecule has 0 saturated carbocycles. The summed E-state index contributed by atoms with van der Waals surface area (Å²) in [4.78, 5) is 33.4. The Morgan fingerprint density at radius 2 is 1.97 bits per heavy atom. The van der Waals surface area contributed by atoms with Gasteiger partial charge in [0.15, 0.2) is 11.8 Å². The molecule has 1 aliphatic rings. The molecule has 29 heavy (non-hydrogen) atoms. The molecule has 1 aromatic carbocycles. The van der Waals surface area contributed by atoms with Crippen LogP contribution in [0.15, 0.2) is 42.7 Å². The van der Waals surface area contributed by atoms with E-state index in [0.717, 1.165) is 11.0 Å². The number of amides is 2. The Labute approximate surface area is 168 Å². The van der Waals surface area contributed by atoms with Crippen LogP contribution in [0.25, 0.3) is 11.0 Å². The first kappa shape index (κ1) is 18.9. The van der Waals surface area contributed by atoms with Crippen LogP contribution in [-0.4, -0.2) is 58.2 Å². The fourth-order valence-electron chi connectivity index (χ4n) is 3.43. The Hall–Kier alpha value is -3.42. The molecule has 1 atom stereocenters. The van der Waals surface area contributed by atoms with Gasteiger partial charge in [0.25, 0.3) is 11.8 Å². The van der Waals surface area contributed by atoms with Crippen molar-refractivity contribution in [1.82, 2.24) is 19.7 Å². The highest BCUT2D eigenvalue weighted by Gasteiger charge is 2.35. The SMILES string of the molecule is CC(C)n1ncc2cc(C(=O)N3C[C@H](C(=O)N(C)C)Oc4ccccc43)cnc21. The molecule has 150 valence electrons. The lowest BCUT2D eigenvalue weighted by atomic mass is 10.1. The predicted molar refractivity (Wildman–Crippen MR) is 109 cm³/mol. The molecule has 3 aromatic rings. The number of fused-ring (bicyclic) bond motifs is 2. The first-order valence-corrected chi connectivity index (χ1v) is 9.49. The van der Waals surface area contributed by atoms with Crippen molar-refractivity contribution in [1.29, 1.82) is 0 Å². The van der Waals surface area contributed by atoms with E-state index in [9.17, 15) is 9.59 Å². The van der Waals surface area contributed by atoms with Gasteiger partial charge in [-0.1, -0.05) is 12.1 Å². The Kier molecular flexibility index (Phi) is 4.70. The van der Waals surface area contributed by atoms with E-state index in [2.05, 4.69) is 10.1 Å². The molecule has 0 N–H and O–H groups in total. The third-order valence-electron chi connectivity index (χ3n) is 4.90. The summed E-state index contributed by atoms with van der Waals surface area (Å²) in [6.45, 7) is 4.19. The molecule has 2 amide bonds. The lowest BCUT2D eigenvalue weighted by molar-refractivity contribution is -0.135. The number of nitrogens with zero attached hydrogens (tertiary/aromatic N) is 5. The maximum absolute atomic E-state index is 13.4. The number of hydrogen-bond acceptors (Lipinski definition) is 5. The molecule has 0 fully saturated rings. The number of anilines is 1. The number of pyridine rings is 1. The zero-order valence-electron chi connectivity index (χ0n) is 16.9. The Balaban J connectivity index is 1.71. The van der Waals surface area contributed by atoms with Crippen LogP contribution in [0.5, 0.6) is 5.75 Å². The van der Waals surface area contributed by atoms with Crippen molar-refractivity contribution in [2.45, 2.75) is 26.0 Å². The molecular weight excluding hydrogens is 370 g/mol. The van der Waals surface area contributed by atoms with Crippen LogP contribution in [0.1, 0.15) is 30.2 Å². The fraction of sp³-hybridized carbons (Fsp3) is 0.333. The van der Waals surface area contributed by atoms with Gasteiger partial charge < -0.3 is 14.5 Å². The maximum atomic E-state index is 13.4. The maximum Gasteiger partial charge on any atom is 0.265 e. The van der Waals surface area contributed by atoms with Crippen molar-refractivity contribution in [3.8, 4) is 5.75 Å². The number of aromatic nitrogens is 3. The number of carbonyl (C=O) groups is 2. The molecule has 8 heteroatoms. The van der Waals surface area contributed by atoms with Crippen LogP contribution in [-0.2, 0) is 4.79 Å². The van der Waals surface area contributed by atoms with Gasteiger partial charge >= 0.3 is 0 Å². The largest absolute Gasteiger partial charge is 0.476 e. The van der Waals surface area contributed by atoms with E-state index in [1.807, 2.05) is 36.7 Å². The Morgan fingerprint density at radius 1 is 1.21 bits per heavy atom. The summed E-state index contributed by atoms with van der Waals surface area (Å²) in [6.07, 6.45) is 2.51. The Bertz CT molecular complexity index is 1090. The average Bonchev–Trinajstić information content (AvgIpc) is 3.15. The van der Waals surface area contributed by atoms with Gasteiger partial charge in [-0.2, -0.15) is 5.10 Å². The standard InChI is InChI=1S/C21H23N5O3/c1-13(2)26-19-14(11-23-26)9-15(10-22-19)20(27)25-12-18(21(28)24(3)4)29-17-8-6-5-7-16(17)25/h5-11,13,18H,12H2,1-4H3/t18-/m1/s1. The summed E-state index contributed by atoms with van der Waals surface area (Å²) in [6, 6.07) is 9.19. The van der Waals surface area contributed by atoms with E-state index in [0.29, 0.717) is 17.0 Å². The summed E-state index contributed by atoms with van der Waals surface area (Å²) in [7, 11) is 3.34. The molecule has 0 aliphatic carbocycles. The van der Waals surface area contributed by atoms with E-state index >= 15 is 0 Å². The summed E-state index contributed by atoms with van der Waals surface area (Å²) in [5.41, 5.74) is 1.81. The highest BCUT2D eigenvalue weighted by atomic mass is 16.5. The number of carbonyl (C=O) groups excluding carboxylic acids is 2. The van der Waals surface area contributed by atoms with Crippen molar-refractivity contribution < 1.29 is 14.3 Å². The van der Waals surface area contributed by atoms with Gasteiger partial charge in [-0.05, 0) is 32.0 Å². The van der Waals surface area contributed by atoms with Crippen LogP contribution < -0.4 is 9.64 Å². The minimum atomic E-state index is -0.760. The van der Waals surface area contributed by atoms with Gasteiger partial charge in [0.2, 0.25) is 0 Å². The van der Waals surface area contributed by atoms with E-state index < -0.39 is 6.10 Å². The van der Waals surface area contributed by atoms with Gasteiger partial charge in [-0.25, -0.2) is 9.67 Å². The zero-order valence-corrected chi connectivity index (χ0v) is 16.9. The molecular formula is C21H23N5O3. The molecule has 0 bridgehead atoms. The van der Waals surface area contributed by atoms with Crippen LogP contribution in [0, 0.1) is 0 Å². The molecule has 1 aliphatic heterocycles. The molecule has 0 unspecified atom stereocenters. The Morgan fingerprint density at radius 3 is 2.69 bits per heavy atom. The highest BCUT2D eigenvalue weighted by molar-refractivity contribution is 6.08. The van der Waals surface area contributed by atoms with Gasteiger partial charge in [-0.3, -0.25) is 9.59 Å². The lowest BCUT2D eigenvalue weighted by Gasteiger charge is -2.35. The highest BCUT2D eigenvalue weighted by Crippen LogP contribution is 2.34. The number of ether oxygens (including phenoxy) is 1. The third kappa shape index (κ3) is 3.30. The minimum Gasteiger partial charge on any atom is -0.476 e. The lowest BCUT2D eigenvalue weighted by Crippen LogP contribution is -2.50. The van der Waals surface area contributed by atoms with Crippen LogP contribution in [0.3, 0.4) is 0 Å². The number of rotatable bonds is 3. The van der Waals surface area contributed by atoms with Gasteiger partial charge in [0.1, 0.15) is 5.75 Å². The van der Waals surface area contributed by atoms with Gasteiger partial charge in [0.05, 0.1) is 24.0 Å². The second-order valence-electron chi connectivity index (χ2n) is 7.54. The van der Waals surface area contributed by atoms with Crippen molar-refractivity contribution in [3.05, 3.63) is 48.3 Å². The first-order valence-electron chi connectivity index (χ1n) is 9.49. The molecule has 8 nitrogen and oxygen atoms in total. The van der Waals surface area contributed by atoms with E-state index in [-0.39, 0.29) is 24.4 Å². The second kappa shape index (κ2) is 7.20. The molecule has 0 radical (unpaired) electrons. The van der Waals surface area contributed by atoms with Crippen molar-refractivity contribution in [2.75, 3.05) is 25.5 Å². The smallest absolute Gasteiger partial charge is 0.265 e. The summed E-state index contributed by atoms with van der Waals surface area (Å²) >= 11 is 0. The summed E-state index contributed by atoms with van der Waals surface area (Å²) in [5, 5.41) is 5.16. The number of likely N-dealkylation sites (N-methyl/N-ethyl adjacent to an activating group) is 1. The normalized spacial score (nSPS) is 15.9. The summed E-state index contributed by atoms with van der Waals surface area (Å²) in [5.74, 6) is 0.0852. The number of para-hydroxylation sites is 2. The first-order chi connectivity index (χ1) is 13.9. The fourth-order valence-corrected chi connectivity index (χ4v) is 3.43. The van der Waals surface area contributed by atoms with Crippen molar-refractivity contribution in [3.63, 3.8) is 0 Å². The molecule has 3 heterocycles. The van der Waals surface area contributed by atoms with Gasteiger partial charge in [0, 0.05) is 31.7 Å². The minimum absolute atomic E-state index is 0.135. The molecule has 0 saturated heterocycles. The molecule has 4 rings (SSSR count). The quantitative estimate of drug-likeness (QED) is 0.683. The second-order valence-corrected chi connectivity index (χ2v) is 7.54. The van der Waals surface area contributed by atoms with E-state index in [4.69, 9.17) is 4.74 Å². The number of hydrogen-bond donors (Lipinski definition) is 0. The van der Waals surface area contributed by atoms with Crippen LogP contribution >= 0.6 is 0 Å². The zero-order chi connectivity index (χ0) is 20.7.